The van der Waals surface area contributed by atoms with Crippen LogP contribution in [0.2, 0.25) is 0 Å². The summed E-state index contributed by atoms with van der Waals surface area (Å²) in [6.45, 7) is 0. The number of H-pyrrole nitrogens is 1. The van der Waals surface area contributed by atoms with E-state index in [2.05, 4.69) is 10.2 Å². The van der Waals surface area contributed by atoms with Gasteiger partial charge in [-0.3, -0.25) is 5.10 Å². The Bertz CT molecular complexity index is 393. The summed E-state index contributed by atoms with van der Waals surface area (Å²) in [4.78, 5) is 0. The molecule has 2 rings (SSSR count). The molecule has 0 aliphatic rings. The molecule has 11 heavy (non-hydrogen) atoms. The summed E-state index contributed by atoms with van der Waals surface area (Å²) >= 11 is 0. The number of nitrogen functional groups attached to an aromatic ring is 1. The Hall–Kier alpha value is -1.71. The molecule has 0 saturated carbocycles. The third-order valence-corrected chi connectivity index (χ3v) is 1.60. The Labute approximate surface area is 62.6 Å². The zero-order chi connectivity index (χ0) is 7.84. The number of phenolic OH excluding ortho intramolecular Hbond substituents is 1. The molecule has 0 atom stereocenters. The summed E-state index contributed by atoms with van der Waals surface area (Å²) in [5.74, 6) is 0.492. The van der Waals surface area contributed by atoms with E-state index in [0.717, 1.165) is 5.52 Å². The normalized spacial score (nSPS) is 10.5. The highest BCUT2D eigenvalue weighted by Crippen LogP contribution is 2.26. The fourth-order valence-corrected chi connectivity index (χ4v) is 1.08. The van der Waals surface area contributed by atoms with Crippen LogP contribution in [-0.4, -0.2) is 15.3 Å². The Kier molecular flexibility index (Phi) is 1.03. The maximum atomic E-state index is 9.30. The number of phenols is 1. The molecule has 0 fully saturated rings. The van der Waals surface area contributed by atoms with Crippen LogP contribution in [0.3, 0.4) is 0 Å². The molecule has 0 radical (unpaired) electrons. The fraction of sp³-hybridized carbons (Fsp3) is 0. The standard InChI is InChI=1S/C7H7N3O/c8-7-6-4(9-10-7)2-1-3-5(6)11/h1-3,11H,(H3,8,9,10). The number of rotatable bonds is 0. The lowest BCUT2D eigenvalue weighted by molar-refractivity contribution is 0.482. The minimum Gasteiger partial charge on any atom is -0.507 e. The molecule has 0 amide bonds. The molecule has 4 N–H and O–H groups in total. The van der Waals surface area contributed by atoms with Crippen molar-refractivity contribution in [3.63, 3.8) is 0 Å². The van der Waals surface area contributed by atoms with E-state index in [1.807, 2.05) is 0 Å². The minimum absolute atomic E-state index is 0.161. The predicted octanol–water partition coefficient (Wildman–Crippen LogP) is 0.851. The average Bonchev–Trinajstić information content (AvgIpc) is 2.34. The zero-order valence-corrected chi connectivity index (χ0v) is 5.70. The highest BCUT2D eigenvalue weighted by atomic mass is 16.3. The van der Waals surface area contributed by atoms with E-state index < -0.39 is 0 Å². The summed E-state index contributed by atoms with van der Waals surface area (Å²) in [5.41, 5.74) is 6.23. The number of fused-ring (bicyclic) bond motifs is 1. The van der Waals surface area contributed by atoms with Gasteiger partial charge in [0, 0.05) is 0 Å². The topological polar surface area (TPSA) is 74.9 Å². The van der Waals surface area contributed by atoms with Gasteiger partial charge in [0.1, 0.15) is 5.75 Å². The van der Waals surface area contributed by atoms with Crippen molar-refractivity contribution in [1.82, 2.24) is 10.2 Å². The largest absolute Gasteiger partial charge is 0.507 e. The second kappa shape index (κ2) is 1.88. The fourth-order valence-electron chi connectivity index (χ4n) is 1.08. The number of aromatic nitrogens is 2. The molecule has 0 bridgehead atoms. The van der Waals surface area contributed by atoms with Crippen molar-refractivity contribution >= 4 is 16.7 Å². The lowest BCUT2D eigenvalue weighted by atomic mass is 10.2. The molecular formula is C7H7N3O. The van der Waals surface area contributed by atoms with Gasteiger partial charge >= 0.3 is 0 Å². The summed E-state index contributed by atoms with van der Waals surface area (Å²) < 4.78 is 0. The minimum atomic E-state index is 0.161. The van der Waals surface area contributed by atoms with Crippen molar-refractivity contribution in [3.8, 4) is 5.75 Å². The van der Waals surface area contributed by atoms with Gasteiger partial charge in [0.15, 0.2) is 5.82 Å². The molecule has 0 aliphatic carbocycles. The molecule has 0 aliphatic heterocycles. The van der Waals surface area contributed by atoms with Crippen molar-refractivity contribution in [2.75, 3.05) is 5.73 Å². The van der Waals surface area contributed by atoms with Gasteiger partial charge in [0.25, 0.3) is 0 Å². The number of nitrogens with zero attached hydrogens (tertiary/aromatic N) is 1. The van der Waals surface area contributed by atoms with Gasteiger partial charge in [-0.2, -0.15) is 5.10 Å². The first-order valence-electron chi connectivity index (χ1n) is 3.20. The second-order valence-corrected chi connectivity index (χ2v) is 2.31. The highest BCUT2D eigenvalue weighted by molar-refractivity contribution is 5.93. The van der Waals surface area contributed by atoms with Gasteiger partial charge in [0.05, 0.1) is 10.9 Å². The molecule has 56 valence electrons. The van der Waals surface area contributed by atoms with Crippen LogP contribution in [0.1, 0.15) is 0 Å². The molecule has 4 nitrogen and oxygen atoms in total. The molecule has 4 heteroatoms. The van der Waals surface area contributed by atoms with Crippen molar-refractivity contribution in [1.29, 1.82) is 0 Å². The van der Waals surface area contributed by atoms with E-state index in [-0.39, 0.29) is 5.75 Å². The van der Waals surface area contributed by atoms with Crippen molar-refractivity contribution in [2.24, 2.45) is 0 Å². The molecule has 2 aromatic rings. The van der Waals surface area contributed by atoms with Gasteiger partial charge in [-0.05, 0) is 12.1 Å². The Morgan fingerprint density at radius 2 is 2.27 bits per heavy atom. The van der Waals surface area contributed by atoms with E-state index in [1.54, 1.807) is 18.2 Å². The first-order chi connectivity index (χ1) is 5.29. The molecule has 0 spiro atoms. The van der Waals surface area contributed by atoms with Crippen LogP contribution in [0.25, 0.3) is 10.9 Å². The van der Waals surface area contributed by atoms with Crippen LogP contribution in [0, 0.1) is 0 Å². The average molecular weight is 149 g/mol. The quantitative estimate of drug-likeness (QED) is 0.519. The molecule has 1 heterocycles. The van der Waals surface area contributed by atoms with Gasteiger partial charge in [0.2, 0.25) is 0 Å². The van der Waals surface area contributed by atoms with Gasteiger partial charge < -0.3 is 10.8 Å². The first kappa shape index (κ1) is 6.03. The number of benzene rings is 1. The van der Waals surface area contributed by atoms with Gasteiger partial charge in [-0.1, -0.05) is 6.07 Å². The van der Waals surface area contributed by atoms with Crippen LogP contribution in [0.15, 0.2) is 18.2 Å². The molecule has 1 aromatic heterocycles. The molecule has 1 aromatic carbocycles. The van der Waals surface area contributed by atoms with Crippen LogP contribution in [-0.2, 0) is 0 Å². The molecule has 0 unspecified atom stereocenters. The summed E-state index contributed by atoms with van der Waals surface area (Å²) in [6.07, 6.45) is 0. The lowest BCUT2D eigenvalue weighted by Crippen LogP contribution is -1.83. The number of hydrogen-bond acceptors (Lipinski definition) is 3. The maximum absolute atomic E-state index is 9.30. The summed E-state index contributed by atoms with van der Waals surface area (Å²) in [5, 5.41) is 16.3. The van der Waals surface area contributed by atoms with Crippen LogP contribution in [0.5, 0.6) is 5.75 Å². The van der Waals surface area contributed by atoms with Crippen molar-refractivity contribution < 1.29 is 5.11 Å². The lowest BCUT2D eigenvalue weighted by Gasteiger charge is -1.92. The maximum Gasteiger partial charge on any atom is 0.156 e. The summed E-state index contributed by atoms with van der Waals surface area (Å²) in [6, 6.07) is 5.11. The Balaban J connectivity index is 2.96. The van der Waals surface area contributed by atoms with E-state index in [0.29, 0.717) is 11.2 Å². The number of hydrogen-bond donors (Lipinski definition) is 3. The number of nitrogens with one attached hydrogen (secondary N) is 1. The van der Waals surface area contributed by atoms with E-state index in [4.69, 9.17) is 5.73 Å². The van der Waals surface area contributed by atoms with Crippen LogP contribution < -0.4 is 5.73 Å². The smallest absolute Gasteiger partial charge is 0.156 e. The predicted molar refractivity (Wildman–Crippen MR) is 42.2 cm³/mol. The number of aromatic hydroxyl groups is 1. The Morgan fingerprint density at radius 3 is 3.00 bits per heavy atom. The highest BCUT2D eigenvalue weighted by Gasteiger charge is 2.04. The van der Waals surface area contributed by atoms with E-state index >= 15 is 0 Å². The number of nitrogens with two attached hydrogens (primary N) is 1. The molecule has 0 saturated heterocycles. The first-order valence-corrected chi connectivity index (χ1v) is 3.20. The number of anilines is 1. The SMILES string of the molecule is Nc1n[nH]c2cccc(O)c12. The third kappa shape index (κ3) is 0.724. The van der Waals surface area contributed by atoms with E-state index in [1.165, 1.54) is 0 Å². The van der Waals surface area contributed by atoms with Crippen molar-refractivity contribution in [2.45, 2.75) is 0 Å². The summed E-state index contributed by atoms with van der Waals surface area (Å²) in [7, 11) is 0. The third-order valence-electron chi connectivity index (χ3n) is 1.60. The van der Waals surface area contributed by atoms with Gasteiger partial charge in [-0.25, -0.2) is 0 Å². The second-order valence-electron chi connectivity index (χ2n) is 2.31. The monoisotopic (exact) mass is 149 g/mol. The van der Waals surface area contributed by atoms with Gasteiger partial charge in [-0.15, -0.1) is 0 Å². The zero-order valence-electron chi connectivity index (χ0n) is 5.70. The van der Waals surface area contributed by atoms with Crippen molar-refractivity contribution in [3.05, 3.63) is 18.2 Å². The van der Waals surface area contributed by atoms with Crippen LogP contribution in [0.4, 0.5) is 5.82 Å². The number of aromatic amines is 1. The van der Waals surface area contributed by atoms with Crippen LogP contribution >= 0.6 is 0 Å². The van der Waals surface area contributed by atoms with E-state index in [9.17, 15) is 5.11 Å². The molecular weight excluding hydrogens is 142 g/mol. The Morgan fingerprint density at radius 1 is 1.45 bits per heavy atom.